The number of likely N-dealkylation sites (N-methyl/N-ethyl adjacent to an activating group) is 1. The highest BCUT2D eigenvalue weighted by molar-refractivity contribution is 5.70. The van der Waals surface area contributed by atoms with Crippen molar-refractivity contribution in [2.75, 3.05) is 41.0 Å². The highest BCUT2D eigenvalue weighted by Crippen LogP contribution is 2.14. The zero-order valence-electron chi connectivity index (χ0n) is 39.4. The van der Waals surface area contributed by atoms with Crippen molar-refractivity contribution in [3.8, 4) is 0 Å². The topological polar surface area (TPSA) is 102 Å². The lowest BCUT2D eigenvalue weighted by Gasteiger charge is -2.34. The molecule has 2 unspecified atom stereocenters. The minimum atomic E-state index is -1.13. The van der Waals surface area contributed by atoms with Gasteiger partial charge < -0.3 is 28.6 Å². The average Bonchev–Trinajstić information content (AvgIpc) is 3.21. The monoisotopic (exact) mass is 842 g/mol. The molecule has 0 aromatic carbocycles. The van der Waals surface area contributed by atoms with Crippen LogP contribution in [-0.2, 0) is 28.6 Å². The number of ether oxygens (including phenoxy) is 3. The number of unbranched alkanes of at least 4 members (excludes halogenated alkanes) is 19. The SMILES string of the molecule is CCCCC/C=C/C/C=C/C/C=C/C/C=C/CCCCCCCC(=O)OCC(COCCC(C(=O)[O-])[N+](C)(C)C)OC(=O)CCCCCCCCC/C=C/CCCCCC. The van der Waals surface area contributed by atoms with Gasteiger partial charge in [0, 0.05) is 19.3 Å². The van der Waals surface area contributed by atoms with Crippen molar-refractivity contribution in [1.29, 1.82) is 0 Å². The zero-order valence-corrected chi connectivity index (χ0v) is 39.4. The van der Waals surface area contributed by atoms with E-state index in [0.717, 1.165) is 77.0 Å². The average molecular weight is 842 g/mol. The number of carboxylic acids is 1. The quantitative estimate of drug-likeness (QED) is 0.0261. The molecule has 0 N–H and O–H groups in total. The third kappa shape index (κ3) is 40.4. The number of quaternary nitrogens is 1. The van der Waals surface area contributed by atoms with Gasteiger partial charge in [-0.1, -0.05) is 158 Å². The van der Waals surface area contributed by atoms with E-state index in [1.807, 2.05) is 0 Å². The number of hydrogen-bond donors (Lipinski definition) is 0. The maximum absolute atomic E-state index is 12.7. The molecule has 0 bridgehead atoms. The predicted octanol–water partition coefficient (Wildman–Crippen LogP) is 12.4. The van der Waals surface area contributed by atoms with Gasteiger partial charge in [0.25, 0.3) is 0 Å². The minimum absolute atomic E-state index is 0.0312. The van der Waals surface area contributed by atoms with E-state index in [2.05, 4.69) is 74.6 Å². The number of hydrogen-bond acceptors (Lipinski definition) is 7. The lowest BCUT2D eigenvalue weighted by molar-refractivity contribution is -0.889. The Hall–Kier alpha value is -2.97. The van der Waals surface area contributed by atoms with Gasteiger partial charge in [0.1, 0.15) is 12.6 Å². The maximum atomic E-state index is 12.7. The van der Waals surface area contributed by atoms with Crippen molar-refractivity contribution in [1.82, 2.24) is 0 Å². The van der Waals surface area contributed by atoms with Crippen LogP contribution in [0.1, 0.15) is 200 Å². The Bertz CT molecular complexity index is 1170. The number of carboxylic acid groups (broad SMARTS) is 1. The number of esters is 2. The third-order valence-electron chi connectivity index (χ3n) is 10.6. The van der Waals surface area contributed by atoms with E-state index in [1.165, 1.54) is 89.9 Å². The van der Waals surface area contributed by atoms with E-state index < -0.39 is 18.1 Å². The van der Waals surface area contributed by atoms with Gasteiger partial charge in [0.15, 0.2) is 6.10 Å². The van der Waals surface area contributed by atoms with Crippen molar-refractivity contribution in [3.05, 3.63) is 60.8 Å². The second kappa shape index (κ2) is 42.7. The maximum Gasteiger partial charge on any atom is 0.306 e. The van der Waals surface area contributed by atoms with Crippen molar-refractivity contribution in [3.63, 3.8) is 0 Å². The molecule has 0 spiro atoms. The van der Waals surface area contributed by atoms with Crippen LogP contribution < -0.4 is 5.11 Å². The van der Waals surface area contributed by atoms with Crippen LogP contribution >= 0.6 is 0 Å². The predicted molar refractivity (Wildman–Crippen MR) is 249 cm³/mol. The molecule has 0 aliphatic carbocycles. The fourth-order valence-corrected chi connectivity index (χ4v) is 6.81. The van der Waals surface area contributed by atoms with E-state index in [9.17, 15) is 19.5 Å². The van der Waals surface area contributed by atoms with Gasteiger partial charge >= 0.3 is 11.9 Å². The van der Waals surface area contributed by atoms with Gasteiger partial charge in [-0.25, -0.2) is 0 Å². The Morgan fingerprint density at radius 3 is 1.35 bits per heavy atom. The Balaban J connectivity index is 4.33. The fourth-order valence-electron chi connectivity index (χ4n) is 6.81. The molecular weight excluding hydrogens is 751 g/mol. The first kappa shape index (κ1) is 57.0. The molecule has 0 rings (SSSR count). The minimum Gasteiger partial charge on any atom is -0.544 e. The molecule has 0 saturated heterocycles. The molecular formula is C52H91NO7. The first-order valence-corrected chi connectivity index (χ1v) is 24.3. The van der Waals surface area contributed by atoms with E-state index in [0.29, 0.717) is 12.8 Å². The van der Waals surface area contributed by atoms with Crippen LogP contribution in [-0.4, -0.2) is 75.5 Å². The molecule has 0 fully saturated rings. The van der Waals surface area contributed by atoms with Crippen LogP contribution in [0.15, 0.2) is 60.8 Å². The molecule has 8 heteroatoms. The molecule has 346 valence electrons. The Labute approximate surface area is 368 Å². The van der Waals surface area contributed by atoms with Crippen molar-refractivity contribution >= 4 is 17.9 Å². The molecule has 2 atom stereocenters. The molecule has 0 radical (unpaired) electrons. The highest BCUT2D eigenvalue weighted by Gasteiger charge is 2.25. The van der Waals surface area contributed by atoms with E-state index in [4.69, 9.17) is 14.2 Å². The summed E-state index contributed by atoms with van der Waals surface area (Å²) >= 11 is 0. The summed E-state index contributed by atoms with van der Waals surface area (Å²) in [6.45, 7) is 4.60. The van der Waals surface area contributed by atoms with Gasteiger partial charge in [-0.05, 0) is 83.5 Å². The first-order chi connectivity index (χ1) is 29.1. The lowest BCUT2D eigenvalue weighted by Crippen LogP contribution is -2.55. The van der Waals surface area contributed by atoms with E-state index in [1.54, 1.807) is 21.1 Å². The summed E-state index contributed by atoms with van der Waals surface area (Å²) in [6, 6.07) is -0.731. The Morgan fingerprint density at radius 1 is 0.500 bits per heavy atom. The normalized spacial score (nSPS) is 13.4. The van der Waals surface area contributed by atoms with Gasteiger partial charge in [-0.3, -0.25) is 9.59 Å². The summed E-state index contributed by atoms with van der Waals surface area (Å²) in [7, 11) is 5.40. The fraction of sp³-hybridized carbons (Fsp3) is 0.750. The third-order valence-corrected chi connectivity index (χ3v) is 10.6. The van der Waals surface area contributed by atoms with Crippen LogP contribution in [0.5, 0.6) is 0 Å². The summed E-state index contributed by atoms with van der Waals surface area (Å²) in [5, 5.41) is 11.6. The second-order valence-corrected chi connectivity index (χ2v) is 17.3. The summed E-state index contributed by atoms with van der Waals surface area (Å²) in [6.07, 6.45) is 52.4. The van der Waals surface area contributed by atoms with Gasteiger partial charge in [0.05, 0.1) is 40.3 Å². The molecule has 0 aromatic rings. The standard InChI is InChI=1S/C52H91NO7/c1-6-8-10-12-14-16-18-20-22-23-24-25-26-27-29-30-32-34-36-38-40-42-50(54)59-47-48(46-58-45-44-49(52(56)57)53(3,4)5)60-51(55)43-41-39-37-35-33-31-28-21-19-17-15-13-11-9-7-2/h14,16-17,19-20,22,24-25,27,29,48-49H,6-13,15,18,21,23,26,28,30-47H2,1-5H3/b16-14+,19-17+,22-20+,25-24+,29-27+. The molecule has 60 heavy (non-hydrogen) atoms. The second-order valence-electron chi connectivity index (χ2n) is 17.3. The summed E-state index contributed by atoms with van der Waals surface area (Å²) in [5.41, 5.74) is 0. The van der Waals surface area contributed by atoms with Gasteiger partial charge in [-0.2, -0.15) is 0 Å². The van der Waals surface area contributed by atoms with Crippen molar-refractivity contribution in [2.24, 2.45) is 0 Å². The van der Waals surface area contributed by atoms with Crippen molar-refractivity contribution in [2.45, 2.75) is 212 Å². The summed E-state index contributed by atoms with van der Waals surface area (Å²) in [5.74, 6) is -1.76. The zero-order chi connectivity index (χ0) is 44.2. The van der Waals surface area contributed by atoms with Crippen LogP contribution in [0.4, 0.5) is 0 Å². The molecule has 0 aromatic heterocycles. The molecule has 0 aliphatic rings. The lowest BCUT2D eigenvalue weighted by atomic mass is 10.1. The molecule has 0 amide bonds. The Morgan fingerprint density at radius 2 is 0.883 bits per heavy atom. The Kier molecular flexibility index (Phi) is 40.6. The molecule has 0 saturated carbocycles. The number of rotatable bonds is 43. The van der Waals surface area contributed by atoms with Crippen LogP contribution in [0.25, 0.3) is 0 Å². The van der Waals surface area contributed by atoms with E-state index in [-0.39, 0.29) is 42.7 Å². The number of nitrogens with zero attached hydrogens (tertiary/aromatic N) is 1. The van der Waals surface area contributed by atoms with Gasteiger partial charge in [0.2, 0.25) is 0 Å². The first-order valence-electron chi connectivity index (χ1n) is 24.3. The summed E-state index contributed by atoms with van der Waals surface area (Å²) in [4.78, 5) is 37.0. The molecule has 8 nitrogen and oxygen atoms in total. The summed E-state index contributed by atoms with van der Waals surface area (Å²) < 4.78 is 17.2. The number of carbonyl (C=O) groups excluding carboxylic acids is 3. The number of allylic oxidation sites excluding steroid dienone is 10. The molecule has 0 heterocycles. The van der Waals surface area contributed by atoms with Gasteiger partial charge in [-0.15, -0.1) is 0 Å². The van der Waals surface area contributed by atoms with Crippen molar-refractivity contribution < 1.29 is 38.2 Å². The van der Waals surface area contributed by atoms with Crippen LogP contribution in [0, 0.1) is 0 Å². The number of aliphatic carboxylic acids is 1. The van der Waals surface area contributed by atoms with E-state index >= 15 is 0 Å². The largest absolute Gasteiger partial charge is 0.544 e. The molecule has 0 aliphatic heterocycles. The van der Waals surface area contributed by atoms with Crippen LogP contribution in [0.2, 0.25) is 0 Å². The highest BCUT2D eigenvalue weighted by atomic mass is 16.6. The van der Waals surface area contributed by atoms with Crippen LogP contribution in [0.3, 0.4) is 0 Å². The number of carbonyl (C=O) groups is 3. The smallest absolute Gasteiger partial charge is 0.306 e.